The Kier molecular flexibility index (Phi) is 6.81. The number of rotatable bonds is 6. The summed E-state index contributed by atoms with van der Waals surface area (Å²) in [7, 11) is 0. The Morgan fingerprint density at radius 1 is 1.15 bits per heavy atom. The Balaban J connectivity index is 1.86. The Hall–Kier alpha value is -2.79. The van der Waals surface area contributed by atoms with Crippen molar-refractivity contribution >= 4 is 27.7 Å². The third-order valence-electron chi connectivity index (χ3n) is 3.45. The van der Waals surface area contributed by atoms with E-state index in [0.29, 0.717) is 11.6 Å². The highest BCUT2D eigenvalue weighted by atomic mass is 79.9. The zero-order valence-electron chi connectivity index (χ0n) is 13.4. The molecule has 0 saturated heterocycles. The molecule has 2 rings (SSSR count). The van der Waals surface area contributed by atoms with E-state index in [-0.39, 0.29) is 24.4 Å². The number of benzene rings is 2. The Morgan fingerprint density at radius 3 is 2.46 bits per heavy atom. The minimum atomic E-state index is -1.25. The van der Waals surface area contributed by atoms with E-state index in [1.165, 1.54) is 0 Å². The van der Waals surface area contributed by atoms with E-state index in [0.717, 1.165) is 16.6 Å². The molecular weight excluding hydrogens is 408 g/mol. The van der Waals surface area contributed by atoms with Crippen LogP contribution in [0.4, 0.5) is 8.78 Å². The molecule has 8 heteroatoms. The Morgan fingerprint density at radius 2 is 1.85 bits per heavy atom. The Bertz CT molecular complexity index is 851. The van der Waals surface area contributed by atoms with Gasteiger partial charge in [0.15, 0.2) is 0 Å². The van der Waals surface area contributed by atoms with Crippen LogP contribution in [0.5, 0.6) is 0 Å². The van der Waals surface area contributed by atoms with Crippen molar-refractivity contribution in [3.05, 3.63) is 69.7 Å². The predicted molar refractivity (Wildman–Crippen MR) is 93.9 cm³/mol. The maximum absolute atomic E-state index is 13.7. The van der Waals surface area contributed by atoms with Gasteiger partial charge in [-0.15, -0.1) is 0 Å². The molecule has 0 heterocycles. The lowest BCUT2D eigenvalue weighted by Gasteiger charge is -2.13. The molecule has 26 heavy (non-hydrogen) atoms. The molecule has 0 saturated carbocycles. The summed E-state index contributed by atoms with van der Waals surface area (Å²) in [5.74, 6) is -2.58. The molecule has 5 nitrogen and oxygen atoms in total. The topological polar surface area (TPSA) is 82.0 Å². The second-order valence-electron chi connectivity index (χ2n) is 5.31. The lowest BCUT2D eigenvalue weighted by Crippen LogP contribution is -2.32. The van der Waals surface area contributed by atoms with Crippen LogP contribution >= 0.6 is 15.9 Å². The molecule has 1 unspecified atom stereocenters. The van der Waals surface area contributed by atoms with Crippen LogP contribution in [-0.4, -0.2) is 18.4 Å². The average Bonchev–Trinajstić information content (AvgIpc) is 2.60. The fraction of sp³-hybridized carbons (Fsp3) is 0.167. The van der Waals surface area contributed by atoms with E-state index in [4.69, 9.17) is 5.26 Å². The summed E-state index contributed by atoms with van der Waals surface area (Å²) >= 11 is 3.27. The second-order valence-corrected chi connectivity index (χ2v) is 6.22. The summed E-state index contributed by atoms with van der Waals surface area (Å²) in [6.45, 7) is 0.0464. The molecule has 0 radical (unpaired) electrons. The van der Waals surface area contributed by atoms with E-state index in [1.807, 2.05) is 0 Å². The van der Waals surface area contributed by atoms with E-state index < -0.39 is 23.6 Å². The summed E-state index contributed by atoms with van der Waals surface area (Å²) < 4.78 is 27.5. The van der Waals surface area contributed by atoms with Crippen LogP contribution in [0.1, 0.15) is 28.4 Å². The number of hydrogen-bond donors (Lipinski definition) is 2. The number of nitrogens with zero attached hydrogens (tertiary/aromatic N) is 1. The molecule has 0 aliphatic rings. The van der Waals surface area contributed by atoms with Crippen molar-refractivity contribution in [1.29, 1.82) is 5.26 Å². The van der Waals surface area contributed by atoms with Gasteiger partial charge in [0.05, 0.1) is 6.07 Å². The molecule has 2 aromatic carbocycles. The smallest absolute Gasteiger partial charge is 0.251 e. The number of nitriles is 1. The van der Waals surface area contributed by atoms with Gasteiger partial charge < -0.3 is 10.6 Å². The van der Waals surface area contributed by atoms with Gasteiger partial charge in [-0.1, -0.05) is 22.0 Å². The molecule has 0 aliphatic carbocycles. The van der Waals surface area contributed by atoms with Crippen molar-refractivity contribution in [2.45, 2.75) is 12.5 Å². The lowest BCUT2D eigenvalue weighted by molar-refractivity contribution is -0.121. The van der Waals surface area contributed by atoms with Crippen LogP contribution in [0.2, 0.25) is 0 Å². The zero-order chi connectivity index (χ0) is 19.1. The molecule has 0 aromatic heterocycles. The van der Waals surface area contributed by atoms with Crippen molar-refractivity contribution in [2.24, 2.45) is 0 Å². The Labute approximate surface area is 157 Å². The predicted octanol–water partition coefficient (Wildman–Crippen LogP) is 3.23. The van der Waals surface area contributed by atoms with Crippen LogP contribution in [0.3, 0.4) is 0 Å². The average molecular weight is 422 g/mol. The van der Waals surface area contributed by atoms with Gasteiger partial charge in [-0.25, -0.2) is 8.78 Å². The first-order chi connectivity index (χ1) is 12.4. The van der Waals surface area contributed by atoms with Crippen LogP contribution in [0.15, 0.2) is 46.9 Å². The maximum atomic E-state index is 13.7. The number of halogens is 3. The molecule has 0 fully saturated rings. The number of amides is 2. The summed E-state index contributed by atoms with van der Waals surface area (Å²) in [6.07, 6.45) is -0.0940. The zero-order valence-corrected chi connectivity index (χ0v) is 15.0. The maximum Gasteiger partial charge on any atom is 0.251 e. The fourth-order valence-corrected chi connectivity index (χ4v) is 2.41. The molecule has 0 spiro atoms. The minimum absolute atomic E-state index is 0.0464. The third-order valence-corrected chi connectivity index (χ3v) is 3.98. The van der Waals surface area contributed by atoms with Gasteiger partial charge in [0.2, 0.25) is 5.91 Å². The normalized spacial score (nSPS) is 11.3. The van der Waals surface area contributed by atoms with Gasteiger partial charge in [0, 0.05) is 34.6 Å². The van der Waals surface area contributed by atoms with Gasteiger partial charge in [-0.2, -0.15) is 5.26 Å². The third kappa shape index (κ3) is 5.36. The van der Waals surface area contributed by atoms with Crippen LogP contribution in [-0.2, 0) is 4.79 Å². The number of carbonyl (C=O) groups is 2. The first-order valence-electron chi connectivity index (χ1n) is 7.58. The van der Waals surface area contributed by atoms with Gasteiger partial charge >= 0.3 is 0 Å². The van der Waals surface area contributed by atoms with Crippen LogP contribution in [0, 0.1) is 23.0 Å². The highest BCUT2D eigenvalue weighted by Crippen LogP contribution is 2.17. The molecule has 2 amide bonds. The molecule has 0 aliphatic heterocycles. The van der Waals surface area contributed by atoms with Crippen molar-refractivity contribution in [1.82, 2.24) is 10.6 Å². The van der Waals surface area contributed by atoms with Crippen molar-refractivity contribution < 1.29 is 18.4 Å². The molecule has 1 atom stereocenters. The van der Waals surface area contributed by atoms with E-state index in [9.17, 15) is 18.4 Å². The van der Waals surface area contributed by atoms with E-state index in [2.05, 4.69) is 26.6 Å². The molecule has 0 bridgehead atoms. The summed E-state index contributed by atoms with van der Waals surface area (Å²) in [4.78, 5) is 23.8. The van der Waals surface area contributed by atoms with E-state index >= 15 is 0 Å². The molecular formula is C18H14BrF2N3O2. The molecule has 134 valence electrons. The highest BCUT2D eigenvalue weighted by Gasteiger charge is 2.18. The largest absolute Gasteiger partial charge is 0.352 e. The first-order valence-corrected chi connectivity index (χ1v) is 8.37. The van der Waals surface area contributed by atoms with Gasteiger partial charge in [0.1, 0.15) is 17.7 Å². The first kappa shape index (κ1) is 19.5. The second kappa shape index (κ2) is 9.06. The molecule has 2 aromatic rings. The SMILES string of the molecule is N#CC(NC(=O)CCNC(=O)c1ccc(Br)cc1)c1ccc(F)cc1F. The van der Waals surface area contributed by atoms with Gasteiger partial charge in [0.25, 0.3) is 5.91 Å². The number of nitrogens with one attached hydrogen (secondary N) is 2. The molecule has 2 N–H and O–H groups in total. The lowest BCUT2D eigenvalue weighted by atomic mass is 10.1. The van der Waals surface area contributed by atoms with Crippen molar-refractivity contribution in [3.8, 4) is 6.07 Å². The minimum Gasteiger partial charge on any atom is -0.352 e. The summed E-state index contributed by atoms with van der Waals surface area (Å²) in [5, 5.41) is 14.0. The fourth-order valence-electron chi connectivity index (χ4n) is 2.14. The van der Waals surface area contributed by atoms with E-state index in [1.54, 1.807) is 30.3 Å². The van der Waals surface area contributed by atoms with Gasteiger partial charge in [-0.3, -0.25) is 9.59 Å². The quantitative estimate of drug-likeness (QED) is 0.750. The van der Waals surface area contributed by atoms with Crippen molar-refractivity contribution in [2.75, 3.05) is 6.54 Å². The van der Waals surface area contributed by atoms with Crippen molar-refractivity contribution in [3.63, 3.8) is 0 Å². The number of hydrogen-bond acceptors (Lipinski definition) is 3. The summed E-state index contributed by atoms with van der Waals surface area (Å²) in [5.41, 5.74) is 0.318. The summed E-state index contributed by atoms with van der Waals surface area (Å²) in [6, 6.07) is 9.96. The van der Waals surface area contributed by atoms with Crippen LogP contribution < -0.4 is 10.6 Å². The monoisotopic (exact) mass is 421 g/mol. The standard InChI is InChI=1S/C18H14BrF2N3O2/c19-12-3-1-11(2-4-12)18(26)23-8-7-17(25)24-16(10-22)14-6-5-13(20)9-15(14)21/h1-6,9,16H,7-8H2,(H,23,26)(H,24,25). The van der Waals surface area contributed by atoms with Crippen LogP contribution in [0.25, 0.3) is 0 Å². The van der Waals surface area contributed by atoms with Gasteiger partial charge in [-0.05, 0) is 30.3 Å². The highest BCUT2D eigenvalue weighted by molar-refractivity contribution is 9.10. The number of carbonyl (C=O) groups excluding carboxylic acids is 2.